The normalized spacial score (nSPS) is 11.7. The first kappa shape index (κ1) is 25.8. The first-order valence-electron chi connectivity index (χ1n) is 11.1. The van der Waals surface area contributed by atoms with Crippen molar-refractivity contribution in [3.8, 4) is 11.5 Å². The highest BCUT2D eigenvalue weighted by molar-refractivity contribution is 5.93. The molecule has 30 heavy (non-hydrogen) atoms. The van der Waals surface area contributed by atoms with Gasteiger partial charge in [0.05, 0.1) is 14.2 Å². The molecule has 0 aliphatic carbocycles. The van der Waals surface area contributed by atoms with Crippen molar-refractivity contribution in [2.24, 2.45) is 0 Å². The summed E-state index contributed by atoms with van der Waals surface area (Å²) in [6.07, 6.45) is 11.6. The molecule has 1 aromatic rings. The fraction of sp³-hybridized carbons (Fsp3) is 0.667. The summed E-state index contributed by atoms with van der Waals surface area (Å²) in [5.74, 6) is -0.685. The van der Waals surface area contributed by atoms with Crippen molar-refractivity contribution in [2.45, 2.75) is 90.6 Å². The van der Waals surface area contributed by atoms with Crippen LogP contribution in [0.2, 0.25) is 0 Å². The number of rotatable bonds is 16. The van der Waals surface area contributed by atoms with Gasteiger partial charge in [0.2, 0.25) is 0 Å². The Morgan fingerprint density at radius 3 is 2.03 bits per heavy atom. The van der Waals surface area contributed by atoms with Gasteiger partial charge in [-0.05, 0) is 24.5 Å². The monoisotopic (exact) mass is 422 g/mol. The quantitative estimate of drug-likeness (QED) is 0.268. The molecule has 1 rings (SSSR count). The predicted octanol–water partition coefficient (Wildman–Crippen LogP) is 5.80. The van der Waals surface area contributed by atoms with Crippen LogP contribution in [0, 0.1) is 0 Å². The molecular formula is C24H38O6. The number of benzene rings is 1. The lowest BCUT2D eigenvalue weighted by Gasteiger charge is -2.20. The van der Waals surface area contributed by atoms with Crippen LogP contribution in [0.3, 0.4) is 0 Å². The number of unbranched alkanes of at least 4 members (excludes halogenated alkanes) is 8. The summed E-state index contributed by atoms with van der Waals surface area (Å²) in [5.41, 5.74) is 0.628. The molecule has 0 amide bonds. The number of hydrogen-bond acceptors (Lipinski definition) is 5. The summed E-state index contributed by atoms with van der Waals surface area (Å²) in [4.78, 5) is 23.4. The van der Waals surface area contributed by atoms with E-state index in [2.05, 4.69) is 6.92 Å². The maximum atomic E-state index is 11.8. The molecule has 0 saturated heterocycles. The Labute approximate surface area is 180 Å². The van der Waals surface area contributed by atoms with Gasteiger partial charge in [-0.1, -0.05) is 58.3 Å². The smallest absolute Gasteiger partial charge is 0.339 e. The molecule has 0 radical (unpaired) electrons. The Balaban J connectivity index is 2.70. The lowest BCUT2D eigenvalue weighted by molar-refractivity contribution is -0.146. The summed E-state index contributed by atoms with van der Waals surface area (Å²) in [6.45, 7) is 3.61. The molecule has 1 aromatic carbocycles. The molecular weight excluding hydrogens is 384 g/mol. The summed E-state index contributed by atoms with van der Waals surface area (Å²) in [7, 11) is 2.95. The third kappa shape index (κ3) is 9.51. The van der Waals surface area contributed by atoms with Crippen molar-refractivity contribution in [3.63, 3.8) is 0 Å². The minimum atomic E-state index is -1.07. The summed E-state index contributed by atoms with van der Waals surface area (Å²) < 4.78 is 16.0. The molecule has 0 fully saturated rings. The topological polar surface area (TPSA) is 82.1 Å². The van der Waals surface area contributed by atoms with Gasteiger partial charge >= 0.3 is 11.9 Å². The van der Waals surface area contributed by atoms with Gasteiger partial charge in [0.15, 0.2) is 0 Å². The van der Waals surface area contributed by atoms with Crippen LogP contribution in [0.5, 0.6) is 11.5 Å². The minimum absolute atomic E-state index is 0.0857. The van der Waals surface area contributed by atoms with Crippen LogP contribution >= 0.6 is 0 Å². The second kappa shape index (κ2) is 14.7. The highest BCUT2D eigenvalue weighted by Crippen LogP contribution is 2.30. The molecule has 0 spiro atoms. The number of esters is 1. The van der Waals surface area contributed by atoms with Gasteiger partial charge in [-0.2, -0.15) is 0 Å². The van der Waals surface area contributed by atoms with E-state index in [1.165, 1.54) is 66.1 Å². The van der Waals surface area contributed by atoms with Crippen molar-refractivity contribution in [1.82, 2.24) is 0 Å². The Hall–Kier alpha value is -2.24. The van der Waals surface area contributed by atoms with Crippen molar-refractivity contribution in [3.05, 3.63) is 23.3 Å². The Bertz CT molecular complexity index is 655. The molecule has 1 atom stereocenters. The average Bonchev–Trinajstić information content (AvgIpc) is 2.71. The number of methoxy groups -OCH3 is 2. The van der Waals surface area contributed by atoms with Crippen LogP contribution < -0.4 is 9.47 Å². The number of carbonyl (C=O) groups is 2. The molecule has 1 N–H and O–H groups in total. The van der Waals surface area contributed by atoms with E-state index >= 15 is 0 Å². The number of carboxylic acid groups (broad SMARTS) is 1. The number of hydrogen-bond donors (Lipinski definition) is 1. The zero-order valence-corrected chi connectivity index (χ0v) is 19.0. The zero-order chi connectivity index (χ0) is 22.4. The fourth-order valence-electron chi connectivity index (χ4n) is 3.69. The van der Waals surface area contributed by atoms with E-state index < -0.39 is 5.97 Å². The van der Waals surface area contributed by atoms with Crippen LogP contribution in [0.25, 0.3) is 0 Å². The van der Waals surface area contributed by atoms with Crippen LogP contribution in [-0.4, -0.2) is 37.4 Å². The van der Waals surface area contributed by atoms with Crippen molar-refractivity contribution < 1.29 is 28.9 Å². The first-order chi connectivity index (χ1) is 14.4. The summed E-state index contributed by atoms with van der Waals surface area (Å²) in [5, 5.41) is 9.66. The van der Waals surface area contributed by atoms with E-state index in [1.54, 1.807) is 12.1 Å². The number of aromatic carboxylic acids is 1. The molecule has 0 bridgehead atoms. The summed E-state index contributed by atoms with van der Waals surface area (Å²) in [6, 6.07) is 3.23. The van der Waals surface area contributed by atoms with E-state index in [4.69, 9.17) is 14.2 Å². The van der Waals surface area contributed by atoms with Gasteiger partial charge in [-0.25, -0.2) is 4.79 Å². The SMILES string of the molecule is CCCCCCCCCCCC(Cc1cc(OC)cc(OC)c1C(=O)O)OC(C)=O. The molecule has 0 aromatic heterocycles. The Kier molecular flexibility index (Phi) is 12.6. The second-order valence-electron chi connectivity index (χ2n) is 7.72. The maximum absolute atomic E-state index is 11.8. The highest BCUT2D eigenvalue weighted by atomic mass is 16.5. The Morgan fingerprint density at radius 1 is 0.933 bits per heavy atom. The molecule has 0 aliphatic rings. The third-order valence-corrected chi connectivity index (χ3v) is 5.24. The van der Waals surface area contributed by atoms with Gasteiger partial charge in [-0.3, -0.25) is 4.79 Å². The highest BCUT2D eigenvalue weighted by Gasteiger charge is 2.22. The van der Waals surface area contributed by atoms with Gasteiger partial charge in [0.1, 0.15) is 23.2 Å². The lowest BCUT2D eigenvalue weighted by Crippen LogP contribution is -2.21. The van der Waals surface area contributed by atoms with Gasteiger partial charge in [0, 0.05) is 19.4 Å². The number of carbonyl (C=O) groups excluding carboxylic acids is 1. The maximum Gasteiger partial charge on any atom is 0.339 e. The predicted molar refractivity (Wildman–Crippen MR) is 118 cm³/mol. The standard InChI is InChI=1S/C24H38O6/c1-5-6-7-8-9-10-11-12-13-14-20(30-18(2)25)15-19-16-21(28-3)17-22(29-4)23(19)24(26)27/h16-17,20H,5-15H2,1-4H3,(H,26,27). The molecule has 1 unspecified atom stereocenters. The molecule has 0 heterocycles. The number of ether oxygens (including phenoxy) is 3. The molecule has 170 valence electrons. The van der Waals surface area contributed by atoms with Crippen LogP contribution in [-0.2, 0) is 16.0 Å². The largest absolute Gasteiger partial charge is 0.497 e. The molecule has 0 aliphatic heterocycles. The molecule has 0 saturated carbocycles. The Morgan fingerprint density at radius 2 is 1.53 bits per heavy atom. The third-order valence-electron chi connectivity index (χ3n) is 5.24. The van der Waals surface area contributed by atoms with E-state index in [0.717, 1.165) is 12.8 Å². The van der Waals surface area contributed by atoms with E-state index in [0.29, 0.717) is 24.2 Å². The average molecular weight is 423 g/mol. The number of carboxylic acids is 1. The molecule has 6 heteroatoms. The van der Waals surface area contributed by atoms with Crippen LogP contribution in [0.1, 0.15) is 94.0 Å². The van der Waals surface area contributed by atoms with Crippen LogP contribution in [0.4, 0.5) is 0 Å². The first-order valence-corrected chi connectivity index (χ1v) is 11.1. The fourth-order valence-corrected chi connectivity index (χ4v) is 3.69. The van der Waals surface area contributed by atoms with Crippen LogP contribution in [0.15, 0.2) is 12.1 Å². The van der Waals surface area contributed by atoms with E-state index in [9.17, 15) is 14.7 Å². The van der Waals surface area contributed by atoms with Crippen molar-refractivity contribution >= 4 is 11.9 Å². The second-order valence-corrected chi connectivity index (χ2v) is 7.72. The van der Waals surface area contributed by atoms with Gasteiger partial charge in [0.25, 0.3) is 0 Å². The lowest BCUT2D eigenvalue weighted by atomic mass is 9.96. The van der Waals surface area contributed by atoms with Crippen molar-refractivity contribution in [2.75, 3.05) is 14.2 Å². The molecule has 6 nitrogen and oxygen atoms in total. The zero-order valence-electron chi connectivity index (χ0n) is 19.0. The van der Waals surface area contributed by atoms with E-state index in [1.807, 2.05) is 0 Å². The van der Waals surface area contributed by atoms with E-state index in [-0.39, 0.29) is 23.4 Å². The van der Waals surface area contributed by atoms with Gasteiger partial charge < -0.3 is 19.3 Å². The minimum Gasteiger partial charge on any atom is -0.497 e. The van der Waals surface area contributed by atoms with Gasteiger partial charge in [-0.15, -0.1) is 0 Å². The summed E-state index contributed by atoms with van der Waals surface area (Å²) >= 11 is 0. The van der Waals surface area contributed by atoms with Crippen molar-refractivity contribution in [1.29, 1.82) is 0 Å².